The summed E-state index contributed by atoms with van der Waals surface area (Å²) in [5, 5.41) is 3.38. The van der Waals surface area contributed by atoms with Crippen LogP contribution in [0, 0.1) is 0 Å². The first kappa shape index (κ1) is 16.7. The fourth-order valence-electron chi connectivity index (χ4n) is 3.07. The molecule has 0 saturated heterocycles. The summed E-state index contributed by atoms with van der Waals surface area (Å²) in [4.78, 5) is 2.18. The summed E-state index contributed by atoms with van der Waals surface area (Å²) in [5.74, 6) is 0. The van der Waals surface area contributed by atoms with E-state index in [-0.39, 0.29) is 5.54 Å². The van der Waals surface area contributed by atoms with Gasteiger partial charge in [-0.3, -0.25) is 0 Å². The Kier molecular flexibility index (Phi) is 3.98. The summed E-state index contributed by atoms with van der Waals surface area (Å²) < 4.78 is 38.4. The molecule has 2 aliphatic heterocycles. The van der Waals surface area contributed by atoms with Gasteiger partial charge in [-0.15, -0.1) is 0 Å². The molecule has 0 bridgehead atoms. The number of fused-ring (bicyclic) bond motifs is 1. The van der Waals surface area contributed by atoms with Crippen molar-refractivity contribution in [3.63, 3.8) is 0 Å². The summed E-state index contributed by atoms with van der Waals surface area (Å²) >= 11 is 0. The number of hydrogen-bond donors (Lipinski definition) is 1. The molecule has 2 aliphatic rings. The molecular weight excluding hydrogens is 313 g/mol. The SMILES string of the molecule is CC(C)(C)N1C=CC=C2CCNC(c3ccc(C(F)(F)F)cc3)=C21. The van der Waals surface area contributed by atoms with Crippen molar-refractivity contribution >= 4 is 5.70 Å². The van der Waals surface area contributed by atoms with E-state index in [1.165, 1.54) is 5.57 Å². The van der Waals surface area contributed by atoms with Crippen molar-refractivity contribution in [2.45, 2.75) is 38.9 Å². The molecule has 1 aromatic rings. The van der Waals surface area contributed by atoms with Gasteiger partial charge in [-0.05, 0) is 56.5 Å². The Bertz CT molecular complexity index is 716. The van der Waals surface area contributed by atoms with Crippen LogP contribution in [0.1, 0.15) is 38.3 Å². The number of benzene rings is 1. The minimum absolute atomic E-state index is 0.123. The molecule has 0 atom stereocenters. The van der Waals surface area contributed by atoms with Crippen LogP contribution in [0.25, 0.3) is 5.70 Å². The third kappa shape index (κ3) is 3.07. The highest BCUT2D eigenvalue weighted by atomic mass is 19.4. The Morgan fingerprint density at radius 1 is 1.04 bits per heavy atom. The minimum Gasteiger partial charge on any atom is -0.383 e. The molecule has 2 heterocycles. The van der Waals surface area contributed by atoms with Crippen LogP contribution in [-0.2, 0) is 6.18 Å². The van der Waals surface area contributed by atoms with Crippen LogP contribution in [0.2, 0.25) is 0 Å². The normalized spacial score (nSPS) is 18.2. The Morgan fingerprint density at radius 2 is 1.71 bits per heavy atom. The molecule has 0 spiro atoms. The van der Waals surface area contributed by atoms with Crippen LogP contribution in [-0.4, -0.2) is 17.0 Å². The molecule has 5 heteroatoms. The predicted molar refractivity (Wildman–Crippen MR) is 89.8 cm³/mol. The second kappa shape index (κ2) is 5.72. The molecule has 0 aromatic heterocycles. The zero-order valence-corrected chi connectivity index (χ0v) is 14.0. The lowest BCUT2D eigenvalue weighted by atomic mass is 9.92. The quantitative estimate of drug-likeness (QED) is 0.784. The van der Waals surface area contributed by atoms with Gasteiger partial charge < -0.3 is 10.2 Å². The lowest BCUT2D eigenvalue weighted by Gasteiger charge is -2.42. The van der Waals surface area contributed by atoms with Gasteiger partial charge in [0, 0.05) is 18.3 Å². The van der Waals surface area contributed by atoms with Gasteiger partial charge in [-0.25, -0.2) is 0 Å². The summed E-state index contributed by atoms with van der Waals surface area (Å²) in [6.45, 7) is 7.13. The number of nitrogens with one attached hydrogen (secondary N) is 1. The standard InChI is InChI=1S/C19H21F3N2/c1-18(2,3)24-12-4-5-14-10-11-23-16(17(14)24)13-6-8-15(9-7-13)19(20,21)22/h4-9,12,23H,10-11H2,1-3H3. The van der Waals surface area contributed by atoms with E-state index in [2.05, 4.69) is 37.1 Å². The van der Waals surface area contributed by atoms with Crippen LogP contribution in [0.15, 0.2) is 53.9 Å². The highest BCUT2D eigenvalue weighted by molar-refractivity contribution is 5.73. The van der Waals surface area contributed by atoms with E-state index >= 15 is 0 Å². The van der Waals surface area contributed by atoms with Gasteiger partial charge in [-0.2, -0.15) is 13.2 Å². The molecule has 2 nitrogen and oxygen atoms in total. The Labute approximate surface area is 140 Å². The summed E-state index contributed by atoms with van der Waals surface area (Å²) in [5.41, 5.74) is 3.17. The third-order valence-corrected chi connectivity index (χ3v) is 4.23. The molecule has 0 aliphatic carbocycles. The fourth-order valence-corrected chi connectivity index (χ4v) is 3.07. The first-order valence-electron chi connectivity index (χ1n) is 8.01. The third-order valence-electron chi connectivity index (χ3n) is 4.23. The molecule has 24 heavy (non-hydrogen) atoms. The summed E-state index contributed by atoms with van der Waals surface area (Å²) in [6, 6.07) is 5.37. The molecule has 0 saturated carbocycles. The molecular formula is C19H21F3N2. The number of rotatable bonds is 1. The Balaban J connectivity index is 2.08. The molecule has 0 unspecified atom stereocenters. The first-order valence-corrected chi connectivity index (χ1v) is 8.01. The zero-order valence-electron chi connectivity index (χ0n) is 14.0. The van der Waals surface area contributed by atoms with E-state index in [1.807, 2.05) is 12.3 Å². The highest BCUT2D eigenvalue weighted by Crippen LogP contribution is 2.37. The maximum absolute atomic E-state index is 12.8. The molecule has 0 amide bonds. The number of halogens is 3. The molecule has 0 fully saturated rings. The second-order valence-corrected chi connectivity index (χ2v) is 7.05. The number of hydrogen-bond acceptors (Lipinski definition) is 2. The highest BCUT2D eigenvalue weighted by Gasteiger charge is 2.32. The Hall–Kier alpha value is -2.17. The van der Waals surface area contributed by atoms with Crippen molar-refractivity contribution < 1.29 is 13.2 Å². The molecule has 1 aromatic carbocycles. The average Bonchev–Trinajstić information content (AvgIpc) is 2.52. The van der Waals surface area contributed by atoms with Gasteiger partial charge in [0.1, 0.15) is 0 Å². The van der Waals surface area contributed by atoms with Crippen LogP contribution >= 0.6 is 0 Å². The van der Waals surface area contributed by atoms with Crippen LogP contribution in [0.4, 0.5) is 13.2 Å². The van der Waals surface area contributed by atoms with E-state index in [9.17, 15) is 13.2 Å². The van der Waals surface area contributed by atoms with Crippen molar-refractivity contribution in [2.24, 2.45) is 0 Å². The van der Waals surface area contributed by atoms with Gasteiger partial charge >= 0.3 is 6.18 Å². The smallest absolute Gasteiger partial charge is 0.383 e. The minimum atomic E-state index is -4.31. The number of alkyl halides is 3. The molecule has 0 radical (unpaired) electrons. The van der Waals surface area contributed by atoms with Crippen molar-refractivity contribution in [1.29, 1.82) is 0 Å². The van der Waals surface area contributed by atoms with Crippen molar-refractivity contribution in [2.75, 3.05) is 6.54 Å². The van der Waals surface area contributed by atoms with Crippen LogP contribution in [0.5, 0.6) is 0 Å². The van der Waals surface area contributed by atoms with Gasteiger partial charge in [-0.1, -0.05) is 18.2 Å². The van der Waals surface area contributed by atoms with Gasteiger partial charge in [0.25, 0.3) is 0 Å². The predicted octanol–water partition coefficient (Wildman–Crippen LogP) is 4.92. The zero-order chi connectivity index (χ0) is 17.5. The van der Waals surface area contributed by atoms with E-state index < -0.39 is 11.7 Å². The molecule has 3 rings (SSSR count). The molecule has 1 N–H and O–H groups in total. The van der Waals surface area contributed by atoms with E-state index in [1.54, 1.807) is 12.1 Å². The topological polar surface area (TPSA) is 15.3 Å². The molecule has 128 valence electrons. The largest absolute Gasteiger partial charge is 0.416 e. The lowest BCUT2D eigenvalue weighted by Crippen LogP contribution is -2.41. The second-order valence-electron chi connectivity index (χ2n) is 7.05. The van der Waals surface area contributed by atoms with Crippen molar-refractivity contribution in [3.05, 3.63) is 65.0 Å². The maximum atomic E-state index is 12.8. The Morgan fingerprint density at radius 3 is 2.29 bits per heavy atom. The van der Waals surface area contributed by atoms with Gasteiger partial charge in [0.05, 0.1) is 17.0 Å². The number of allylic oxidation sites excluding steroid dienone is 3. The van der Waals surface area contributed by atoms with Crippen LogP contribution < -0.4 is 5.32 Å². The van der Waals surface area contributed by atoms with Crippen molar-refractivity contribution in [3.8, 4) is 0 Å². The lowest BCUT2D eigenvalue weighted by molar-refractivity contribution is -0.137. The van der Waals surface area contributed by atoms with Crippen LogP contribution in [0.3, 0.4) is 0 Å². The average molecular weight is 334 g/mol. The summed E-state index contributed by atoms with van der Waals surface area (Å²) in [7, 11) is 0. The van der Waals surface area contributed by atoms with E-state index in [0.29, 0.717) is 0 Å². The van der Waals surface area contributed by atoms with E-state index in [4.69, 9.17) is 0 Å². The fraction of sp³-hybridized carbons (Fsp3) is 0.368. The van der Waals surface area contributed by atoms with Gasteiger partial charge in [0.2, 0.25) is 0 Å². The monoisotopic (exact) mass is 334 g/mol. The first-order chi connectivity index (χ1) is 11.2. The van der Waals surface area contributed by atoms with Crippen molar-refractivity contribution in [1.82, 2.24) is 10.2 Å². The summed E-state index contributed by atoms with van der Waals surface area (Å²) in [6.07, 6.45) is 2.72. The number of nitrogens with zero attached hydrogens (tertiary/aromatic N) is 1. The van der Waals surface area contributed by atoms with E-state index in [0.717, 1.165) is 42.1 Å². The van der Waals surface area contributed by atoms with Gasteiger partial charge in [0.15, 0.2) is 0 Å². The maximum Gasteiger partial charge on any atom is 0.416 e.